The van der Waals surface area contributed by atoms with E-state index in [-0.39, 0.29) is 11.7 Å². The van der Waals surface area contributed by atoms with Crippen molar-refractivity contribution in [2.45, 2.75) is 18.7 Å². The predicted molar refractivity (Wildman–Crippen MR) is 109 cm³/mol. The Bertz CT molecular complexity index is 988. The number of carbonyl (C=O) groups is 1. The maximum Gasteiger partial charge on any atom is 0.250 e. The molecule has 0 atom stereocenters. The van der Waals surface area contributed by atoms with Gasteiger partial charge in [-0.15, -0.1) is 11.8 Å². The number of benzene rings is 2. The molecule has 0 aliphatic rings. The summed E-state index contributed by atoms with van der Waals surface area (Å²) in [5.41, 5.74) is 6.33. The molecular weight excluding hydrogens is 366 g/mol. The van der Waals surface area contributed by atoms with E-state index < -0.39 is 0 Å². The maximum absolute atomic E-state index is 12.1. The molecule has 2 aromatic carbocycles. The minimum atomic E-state index is -0.173. The van der Waals surface area contributed by atoms with Crippen LogP contribution in [0, 0.1) is 13.8 Å². The van der Waals surface area contributed by atoms with Crippen molar-refractivity contribution >= 4 is 46.4 Å². The summed E-state index contributed by atoms with van der Waals surface area (Å²) in [6, 6.07) is 15.5. The number of thioether (sulfide) groups is 1. The van der Waals surface area contributed by atoms with Gasteiger partial charge in [0.05, 0.1) is 17.5 Å². The number of carbonyl (C=O) groups excluding carboxylic acids is 1. The molecule has 1 heterocycles. The van der Waals surface area contributed by atoms with Crippen LogP contribution in [0.3, 0.4) is 0 Å². The van der Waals surface area contributed by atoms with E-state index in [9.17, 15) is 4.79 Å². The lowest BCUT2D eigenvalue weighted by molar-refractivity contribution is -0.118. The van der Waals surface area contributed by atoms with Crippen LogP contribution in [0.2, 0.25) is 5.02 Å². The summed E-state index contributed by atoms with van der Waals surface area (Å²) in [6.07, 6.45) is 1.54. The number of halogens is 1. The minimum absolute atomic E-state index is 0.173. The van der Waals surface area contributed by atoms with Gasteiger partial charge in [0.15, 0.2) is 0 Å². The van der Waals surface area contributed by atoms with Crippen molar-refractivity contribution in [3.63, 3.8) is 0 Å². The Morgan fingerprint density at radius 1 is 1.23 bits per heavy atom. The SMILES string of the molecule is Cc1ccc2nc(C)cc(SCC(=O)N/N=C/c3ccccc3Cl)c2c1. The first-order valence-corrected chi connectivity index (χ1v) is 9.46. The van der Waals surface area contributed by atoms with Crippen molar-refractivity contribution in [3.8, 4) is 0 Å². The van der Waals surface area contributed by atoms with E-state index in [2.05, 4.69) is 21.6 Å². The lowest BCUT2D eigenvalue weighted by Crippen LogP contribution is -2.19. The summed E-state index contributed by atoms with van der Waals surface area (Å²) in [7, 11) is 0. The van der Waals surface area contributed by atoms with Gasteiger partial charge in [0.2, 0.25) is 5.91 Å². The fraction of sp³-hybridized carbons (Fsp3) is 0.150. The quantitative estimate of drug-likeness (QED) is 0.393. The van der Waals surface area contributed by atoms with Crippen LogP contribution in [0.4, 0.5) is 0 Å². The summed E-state index contributed by atoms with van der Waals surface area (Å²) in [5.74, 6) is 0.0976. The molecule has 3 aromatic rings. The topological polar surface area (TPSA) is 54.4 Å². The molecule has 0 radical (unpaired) electrons. The van der Waals surface area contributed by atoms with Gasteiger partial charge in [-0.2, -0.15) is 5.10 Å². The van der Waals surface area contributed by atoms with Crippen LogP contribution < -0.4 is 5.43 Å². The van der Waals surface area contributed by atoms with E-state index >= 15 is 0 Å². The largest absolute Gasteiger partial charge is 0.272 e. The van der Waals surface area contributed by atoms with Gasteiger partial charge in [-0.25, -0.2) is 5.43 Å². The second kappa shape index (κ2) is 8.34. The molecular formula is C20H18ClN3OS. The normalized spacial score (nSPS) is 11.2. The van der Waals surface area contributed by atoms with Crippen molar-refractivity contribution in [1.29, 1.82) is 0 Å². The molecule has 1 aromatic heterocycles. The summed E-state index contributed by atoms with van der Waals surface area (Å²) in [5, 5.41) is 5.63. The number of amides is 1. The van der Waals surface area contributed by atoms with E-state index in [1.807, 2.05) is 50.2 Å². The summed E-state index contributed by atoms with van der Waals surface area (Å²) in [4.78, 5) is 17.7. The van der Waals surface area contributed by atoms with Crippen LogP contribution in [0.5, 0.6) is 0 Å². The van der Waals surface area contributed by atoms with Gasteiger partial charge >= 0.3 is 0 Å². The van der Waals surface area contributed by atoms with Crippen molar-refractivity contribution in [3.05, 3.63) is 70.4 Å². The van der Waals surface area contributed by atoms with Gasteiger partial charge in [0, 0.05) is 26.6 Å². The molecule has 4 nitrogen and oxygen atoms in total. The molecule has 132 valence electrons. The highest BCUT2D eigenvalue weighted by atomic mass is 35.5. The van der Waals surface area contributed by atoms with Crippen LogP contribution in [-0.4, -0.2) is 22.9 Å². The molecule has 1 amide bonds. The molecule has 26 heavy (non-hydrogen) atoms. The predicted octanol–water partition coefficient (Wildman–Crippen LogP) is 4.75. The number of pyridine rings is 1. The summed E-state index contributed by atoms with van der Waals surface area (Å²) >= 11 is 7.53. The van der Waals surface area contributed by atoms with Crippen LogP contribution in [0.25, 0.3) is 10.9 Å². The number of nitrogens with zero attached hydrogens (tertiary/aromatic N) is 2. The van der Waals surface area contributed by atoms with Gasteiger partial charge in [-0.3, -0.25) is 9.78 Å². The monoisotopic (exact) mass is 383 g/mol. The molecule has 0 saturated carbocycles. The van der Waals surface area contributed by atoms with Gasteiger partial charge in [0.25, 0.3) is 0 Å². The average molecular weight is 384 g/mol. The lowest BCUT2D eigenvalue weighted by Gasteiger charge is -2.08. The first-order valence-electron chi connectivity index (χ1n) is 8.10. The highest BCUT2D eigenvalue weighted by molar-refractivity contribution is 8.00. The van der Waals surface area contributed by atoms with E-state index in [1.54, 1.807) is 12.3 Å². The number of hydrogen-bond donors (Lipinski definition) is 1. The number of nitrogens with one attached hydrogen (secondary N) is 1. The fourth-order valence-electron chi connectivity index (χ4n) is 2.48. The zero-order chi connectivity index (χ0) is 18.5. The highest BCUT2D eigenvalue weighted by Crippen LogP contribution is 2.28. The maximum atomic E-state index is 12.1. The third kappa shape index (κ3) is 4.62. The third-order valence-electron chi connectivity index (χ3n) is 3.71. The second-order valence-corrected chi connectivity index (χ2v) is 7.31. The zero-order valence-electron chi connectivity index (χ0n) is 14.5. The standard InChI is InChI=1S/C20H18ClN3OS/c1-13-7-8-18-16(9-13)19(10-14(2)23-18)26-12-20(25)24-22-11-15-5-3-4-6-17(15)21/h3-11H,12H2,1-2H3,(H,24,25)/b22-11+. The number of rotatable bonds is 5. The fourth-order valence-corrected chi connectivity index (χ4v) is 3.59. The molecule has 1 N–H and O–H groups in total. The highest BCUT2D eigenvalue weighted by Gasteiger charge is 2.08. The Labute approximate surface area is 161 Å². The van der Waals surface area contributed by atoms with Crippen LogP contribution in [0.15, 0.2) is 58.5 Å². The van der Waals surface area contributed by atoms with Gasteiger partial charge in [-0.05, 0) is 38.1 Å². The molecule has 0 aliphatic carbocycles. The minimum Gasteiger partial charge on any atom is -0.272 e. The number of aryl methyl sites for hydroxylation is 2. The molecule has 3 rings (SSSR count). The van der Waals surface area contributed by atoms with E-state index in [1.165, 1.54) is 17.3 Å². The summed E-state index contributed by atoms with van der Waals surface area (Å²) < 4.78 is 0. The van der Waals surface area contributed by atoms with E-state index in [0.29, 0.717) is 5.02 Å². The van der Waals surface area contributed by atoms with Crippen LogP contribution in [-0.2, 0) is 4.79 Å². The van der Waals surface area contributed by atoms with Crippen LogP contribution in [0.1, 0.15) is 16.8 Å². The van der Waals surface area contributed by atoms with Crippen molar-refractivity contribution in [2.24, 2.45) is 5.10 Å². The number of hydrazone groups is 1. The molecule has 0 fully saturated rings. The van der Waals surface area contributed by atoms with Crippen molar-refractivity contribution in [1.82, 2.24) is 10.4 Å². The number of hydrogen-bond acceptors (Lipinski definition) is 4. The first-order chi connectivity index (χ1) is 12.5. The summed E-state index contributed by atoms with van der Waals surface area (Å²) in [6.45, 7) is 4.00. The van der Waals surface area contributed by atoms with Gasteiger partial charge < -0.3 is 0 Å². The molecule has 0 unspecified atom stereocenters. The Morgan fingerprint density at radius 3 is 2.85 bits per heavy atom. The Balaban J connectivity index is 1.65. The Morgan fingerprint density at radius 2 is 2.04 bits per heavy atom. The molecule has 0 bridgehead atoms. The zero-order valence-corrected chi connectivity index (χ0v) is 16.1. The number of fused-ring (bicyclic) bond motifs is 1. The molecule has 6 heteroatoms. The molecule has 0 aliphatic heterocycles. The van der Waals surface area contributed by atoms with Crippen molar-refractivity contribution in [2.75, 3.05) is 5.75 Å². The molecule has 0 spiro atoms. The smallest absolute Gasteiger partial charge is 0.250 e. The van der Waals surface area contributed by atoms with E-state index in [0.717, 1.165) is 27.1 Å². The lowest BCUT2D eigenvalue weighted by atomic mass is 10.1. The average Bonchev–Trinajstić information content (AvgIpc) is 2.61. The number of aromatic nitrogens is 1. The molecule has 0 saturated heterocycles. The van der Waals surface area contributed by atoms with E-state index in [4.69, 9.17) is 11.6 Å². The van der Waals surface area contributed by atoms with Crippen LogP contribution >= 0.6 is 23.4 Å². The Kier molecular flexibility index (Phi) is 5.91. The second-order valence-electron chi connectivity index (χ2n) is 5.89. The Hall–Kier alpha value is -2.37. The van der Waals surface area contributed by atoms with Gasteiger partial charge in [-0.1, -0.05) is 41.4 Å². The van der Waals surface area contributed by atoms with Crippen molar-refractivity contribution < 1.29 is 4.79 Å². The third-order valence-corrected chi connectivity index (χ3v) is 5.11. The van der Waals surface area contributed by atoms with Gasteiger partial charge in [0.1, 0.15) is 0 Å². The first kappa shape index (κ1) is 18.4.